The second kappa shape index (κ2) is 5.69. The normalized spacial score (nSPS) is 13.7. The van der Waals surface area contributed by atoms with E-state index >= 15 is 0 Å². The molecule has 0 aliphatic rings. The largest absolute Gasteiger partial charge is 0.312 e. The van der Waals surface area contributed by atoms with Crippen LogP contribution in [0.15, 0.2) is 10.9 Å². The van der Waals surface area contributed by atoms with Gasteiger partial charge < -0.3 is 5.32 Å². The fourth-order valence-corrected chi connectivity index (χ4v) is 3.88. The topological polar surface area (TPSA) is 37.8 Å². The first-order valence-corrected chi connectivity index (χ1v) is 8.20. The molecule has 19 heavy (non-hydrogen) atoms. The minimum atomic E-state index is 0.129. The van der Waals surface area contributed by atoms with Crippen molar-refractivity contribution in [2.24, 2.45) is 0 Å². The van der Waals surface area contributed by atoms with Crippen LogP contribution in [0.4, 0.5) is 0 Å². The van der Waals surface area contributed by atoms with E-state index < -0.39 is 0 Å². The first kappa shape index (κ1) is 14.6. The van der Waals surface area contributed by atoms with Gasteiger partial charge in [-0.1, -0.05) is 20.8 Å². The molecule has 0 aliphatic heterocycles. The standard InChI is InChI=1S/C14H21N3S2/c1-9-13(19-8-16-9)10(15-5)6-12-17-11(7-18-12)14(2,3)4/h7-8,10,15H,6H2,1-5H3. The summed E-state index contributed by atoms with van der Waals surface area (Å²) in [6.07, 6.45) is 0.931. The SMILES string of the molecule is CNC(Cc1nc(C(C)(C)C)cs1)c1scnc1C. The Bertz CT molecular complexity index is 537. The van der Waals surface area contributed by atoms with Gasteiger partial charge in [0.25, 0.3) is 0 Å². The van der Waals surface area contributed by atoms with Crippen LogP contribution in [0.1, 0.15) is 48.1 Å². The van der Waals surface area contributed by atoms with Gasteiger partial charge in [0.1, 0.15) is 0 Å². The number of thiazole rings is 2. The molecule has 5 heteroatoms. The molecule has 0 aromatic carbocycles. The summed E-state index contributed by atoms with van der Waals surface area (Å²) in [5.74, 6) is 0. The lowest BCUT2D eigenvalue weighted by atomic mass is 9.93. The second-order valence-electron chi connectivity index (χ2n) is 5.72. The van der Waals surface area contributed by atoms with Gasteiger partial charge in [-0.3, -0.25) is 0 Å². The predicted octanol–water partition coefficient (Wildman–Crippen LogP) is 3.71. The number of nitrogens with one attached hydrogen (secondary N) is 1. The fourth-order valence-electron chi connectivity index (χ4n) is 1.89. The third-order valence-electron chi connectivity index (χ3n) is 3.15. The molecule has 0 amide bonds. The number of aromatic nitrogens is 2. The van der Waals surface area contributed by atoms with Crippen molar-refractivity contribution in [2.75, 3.05) is 7.05 Å². The van der Waals surface area contributed by atoms with Gasteiger partial charge in [-0.2, -0.15) is 0 Å². The molecule has 0 bridgehead atoms. The quantitative estimate of drug-likeness (QED) is 0.934. The Balaban J connectivity index is 2.16. The van der Waals surface area contributed by atoms with Crippen molar-refractivity contribution in [3.8, 4) is 0 Å². The molecule has 3 nitrogen and oxygen atoms in total. The van der Waals surface area contributed by atoms with E-state index in [9.17, 15) is 0 Å². The van der Waals surface area contributed by atoms with Crippen molar-refractivity contribution in [3.63, 3.8) is 0 Å². The Labute approximate surface area is 123 Å². The molecule has 0 aliphatic carbocycles. The lowest BCUT2D eigenvalue weighted by molar-refractivity contribution is 0.561. The van der Waals surface area contributed by atoms with Gasteiger partial charge >= 0.3 is 0 Å². The van der Waals surface area contributed by atoms with Gasteiger partial charge in [0, 0.05) is 28.1 Å². The molecule has 0 spiro atoms. The predicted molar refractivity (Wildman–Crippen MR) is 83.2 cm³/mol. The molecule has 1 N–H and O–H groups in total. The van der Waals surface area contributed by atoms with Gasteiger partial charge in [0.15, 0.2) is 0 Å². The Kier molecular flexibility index (Phi) is 4.38. The highest BCUT2D eigenvalue weighted by atomic mass is 32.1. The van der Waals surface area contributed by atoms with E-state index in [1.807, 2.05) is 12.6 Å². The molecule has 0 saturated heterocycles. The zero-order valence-electron chi connectivity index (χ0n) is 12.2. The van der Waals surface area contributed by atoms with Crippen LogP contribution in [0, 0.1) is 6.92 Å². The molecule has 0 radical (unpaired) electrons. The molecule has 1 atom stereocenters. The van der Waals surface area contributed by atoms with Crippen LogP contribution in [0.3, 0.4) is 0 Å². The molecule has 104 valence electrons. The molecule has 2 rings (SSSR count). The van der Waals surface area contributed by atoms with E-state index in [0.29, 0.717) is 6.04 Å². The van der Waals surface area contributed by atoms with Crippen molar-refractivity contribution in [1.29, 1.82) is 0 Å². The van der Waals surface area contributed by atoms with Gasteiger partial charge in [-0.15, -0.1) is 22.7 Å². The van der Waals surface area contributed by atoms with E-state index in [0.717, 1.165) is 12.1 Å². The smallest absolute Gasteiger partial charge is 0.0947 e. The van der Waals surface area contributed by atoms with Crippen LogP contribution in [-0.4, -0.2) is 17.0 Å². The minimum absolute atomic E-state index is 0.129. The van der Waals surface area contributed by atoms with Gasteiger partial charge in [0.2, 0.25) is 0 Å². The summed E-state index contributed by atoms with van der Waals surface area (Å²) in [5, 5.41) is 6.75. The number of hydrogen-bond donors (Lipinski definition) is 1. The van der Waals surface area contributed by atoms with Crippen LogP contribution in [0.25, 0.3) is 0 Å². The summed E-state index contributed by atoms with van der Waals surface area (Å²) in [5.41, 5.74) is 4.35. The zero-order chi connectivity index (χ0) is 14.0. The number of hydrogen-bond acceptors (Lipinski definition) is 5. The number of rotatable bonds is 4. The maximum absolute atomic E-state index is 4.77. The van der Waals surface area contributed by atoms with Crippen molar-refractivity contribution in [1.82, 2.24) is 15.3 Å². The monoisotopic (exact) mass is 295 g/mol. The highest BCUT2D eigenvalue weighted by Gasteiger charge is 2.20. The van der Waals surface area contributed by atoms with Crippen LogP contribution >= 0.6 is 22.7 Å². The Hall–Kier alpha value is -0.780. The van der Waals surface area contributed by atoms with E-state index in [2.05, 4.69) is 43.4 Å². The summed E-state index contributed by atoms with van der Waals surface area (Å²) in [7, 11) is 2.00. The Morgan fingerprint density at radius 1 is 1.32 bits per heavy atom. The maximum Gasteiger partial charge on any atom is 0.0947 e. The summed E-state index contributed by atoms with van der Waals surface area (Å²) < 4.78 is 0. The van der Waals surface area contributed by atoms with E-state index in [1.54, 1.807) is 22.7 Å². The maximum atomic E-state index is 4.77. The van der Waals surface area contributed by atoms with Crippen molar-refractivity contribution < 1.29 is 0 Å². The van der Waals surface area contributed by atoms with Crippen molar-refractivity contribution >= 4 is 22.7 Å². The van der Waals surface area contributed by atoms with Crippen LogP contribution in [-0.2, 0) is 11.8 Å². The number of likely N-dealkylation sites (N-methyl/N-ethyl adjacent to an activating group) is 1. The van der Waals surface area contributed by atoms with E-state index in [4.69, 9.17) is 4.98 Å². The Morgan fingerprint density at radius 2 is 2.05 bits per heavy atom. The van der Waals surface area contributed by atoms with Gasteiger partial charge in [0.05, 0.1) is 21.9 Å². The van der Waals surface area contributed by atoms with Crippen LogP contribution in [0.2, 0.25) is 0 Å². The molecular weight excluding hydrogens is 274 g/mol. The molecule has 0 saturated carbocycles. The summed E-state index contributed by atoms with van der Waals surface area (Å²) in [4.78, 5) is 10.4. The zero-order valence-corrected chi connectivity index (χ0v) is 13.8. The number of aryl methyl sites for hydroxylation is 1. The first-order valence-electron chi connectivity index (χ1n) is 6.44. The molecule has 2 aromatic heterocycles. The first-order chi connectivity index (χ1) is 8.91. The summed E-state index contributed by atoms with van der Waals surface area (Å²) in [6, 6.07) is 0.312. The fraction of sp³-hybridized carbons (Fsp3) is 0.571. The average Bonchev–Trinajstić information content (AvgIpc) is 2.94. The van der Waals surface area contributed by atoms with Crippen molar-refractivity contribution in [2.45, 2.75) is 45.6 Å². The van der Waals surface area contributed by atoms with Crippen molar-refractivity contribution in [3.05, 3.63) is 32.2 Å². The molecule has 0 fully saturated rings. The van der Waals surface area contributed by atoms with E-state index in [-0.39, 0.29) is 5.41 Å². The highest BCUT2D eigenvalue weighted by molar-refractivity contribution is 7.10. The van der Waals surface area contributed by atoms with Gasteiger partial charge in [-0.05, 0) is 14.0 Å². The highest BCUT2D eigenvalue weighted by Crippen LogP contribution is 2.28. The van der Waals surface area contributed by atoms with Crippen LogP contribution in [0.5, 0.6) is 0 Å². The average molecular weight is 295 g/mol. The summed E-state index contributed by atoms with van der Waals surface area (Å²) in [6.45, 7) is 8.68. The summed E-state index contributed by atoms with van der Waals surface area (Å²) >= 11 is 3.47. The Morgan fingerprint density at radius 3 is 2.53 bits per heavy atom. The number of nitrogens with zero attached hydrogens (tertiary/aromatic N) is 2. The second-order valence-corrected chi connectivity index (χ2v) is 7.55. The molecule has 2 heterocycles. The third kappa shape index (κ3) is 3.41. The van der Waals surface area contributed by atoms with Crippen LogP contribution < -0.4 is 5.32 Å². The van der Waals surface area contributed by atoms with E-state index in [1.165, 1.54) is 15.6 Å². The minimum Gasteiger partial charge on any atom is -0.312 e. The van der Waals surface area contributed by atoms with Gasteiger partial charge in [-0.25, -0.2) is 9.97 Å². The third-order valence-corrected chi connectivity index (χ3v) is 5.06. The lowest BCUT2D eigenvalue weighted by Gasteiger charge is -2.15. The molecule has 2 aromatic rings. The molecular formula is C14H21N3S2. The molecule has 1 unspecified atom stereocenters. The lowest BCUT2D eigenvalue weighted by Crippen LogP contribution is -2.19.